The lowest BCUT2D eigenvalue weighted by Gasteiger charge is -2.00. The molecule has 1 aromatic carbocycles. The molecule has 1 heterocycles. The highest BCUT2D eigenvalue weighted by Gasteiger charge is 2.08. The van der Waals surface area contributed by atoms with Crippen LogP contribution in [0, 0.1) is 0 Å². The first-order valence-electron chi connectivity index (χ1n) is 5.96. The molecule has 1 N–H and O–H groups in total. The minimum absolute atomic E-state index is 0.833. The molecule has 0 saturated carbocycles. The maximum Gasteiger partial charge on any atom is 0.0841 e. The zero-order valence-electron chi connectivity index (χ0n) is 10.0. The average Bonchev–Trinajstić information content (AvgIpc) is 2.66. The molecular weight excluding hydrogens is 198 g/mol. The Morgan fingerprint density at radius 1 is 1.31 bits per heavy atom. The van der Waals surface area contributed by atoms with Crippen LogP contribution in [0.25, 0.3) is 10.9 Å². The highest BCUT2D eigenvalue weighted by Crippen LogP contribution is 2.18. The molecule has 0 aliphatic heterocycles. The van der Waals surface area contributed by atoms with E-state index in [0.29, 0.717) is 0 Å². The van der Waals surface area contributed by atoms with Crippen LogP contribution in [0.1, 0.15) is 25.5 Å². The topological polar surface area (TPSA) is 29.9 Å². The summed E-state index contributed by atoms with van der Waals surface area (Å²) in [6.45, 7) is 4.06. The summed E-state index contributed by atoms with van der Waals surface area (Å²) < 4.78 is 2.13. The van der Waals surface area contributed by atoms with Crippen molar-refractivity contribution in [2.45, 2.75) is 32.9 Å². The van der Waals surface area contributed by atoms with Gasteiger partial charge in [-0.15, -0.1) is 0 Å². The standard InChI is InChI=1S/C13H19N3/c1-3-4-9-16-13-8-6-5-7-11(13)12(15-16)10-14-2/h5-8,14H,3-4,9-10H2,1-2H3. The van der Waals surface area contributed by atoms with Gasteiger partial charge in [0.1, 0.15) is 0 Å². The van der Waals surface area contributed by atoms with E-state index in [-0.39, 0.29) is 0 Å². The Labute approximate surface area is 96.5 Å². The van der Waals surface area contributed by atoms with E-state index in [0.717, 1.165) is 18.8 Å². The molecule has 0 amide bonds. The summed E-state index contributed by atoms with van der Waals surface area (Å²) in [6, 6.07) is 8.46. The fraction of sp³-hybridized carbons (Fsp3) is 0.462. The SMILES string of the molecule is CCCCn1nc(CNC)c2ccccc21. The third-order valence-corrected chi connectivity index (χ3v) is 2.80. The highest BCUT2D eigenvalue weighted by molar-refractivity contribution is 5.81. The maximum atomic E-state index is 4.67. The van der Waals surface area contributed by atoms with Gasteiger partial charge in [0.15, 0.2) is 0 Å². The van der Waals surface area contributed by atoms with Crippen LogP contribution in [0.3, 0.4) is 0 Å². The molecule has 3 nitrogen and oxygen atoms in total. The molecular formula is C13H19N3. The first kappa shape index (κ1) is 11.1. The minimum Gasteiger partial charge on any atom is -0.314 e. The van der Waals surface area contributed by atoms with Crippen molar-refractivity contribution in [2.24, 2.45) is 0 Å². The van der Waals surface area contributed by atoms with Gasteiger partial charge in [-0.25, -0.2) is 0 Å². The zero-order chi connectivity index (χ0) is 11.4. The Bertz CT molecular complexity index is 459. The third kappa shape index (κ3) is 2.09. The van der Waals surface area contributed by atoms with Crippen molar-refractivity contribution in [1.29, 1.82) is 0 Å². The first-order valence-corrected chi connectivity index (χ1v) is 5.96. The predicted octanol–water partition coefficient (Wildman–Crippen LogP) is 2.56. The van der Waals surface area contributed by atoms with Gasteiger partial charge in [-0.05, 0) is 19.5 Å². The quantitative estimate of drug-likeness (QED) is 0.834. The Kier molecular flexibility index (Phi) is 3.57. The van der Waals surface area contributed by atoms with Gasteiger partial charge < -0.3 is 5.32 Å². The fourth-order valence-electron chi connectivity index (χ4n) is 1.97. The number of para-hydroxylation sites is 1. The fourth-order valence-corrected chi connectivity index (χ4v) is 1.97. The number of hydrogen-bond donors (Lipinski definition) is 1. The lowest BCUT2D eigenvalue weighted by molar-refractivity contribution is 0.577. The van der Waals surface area contributed by atoms with E-state index >= 15 is 0 Å². The van der Waals surface area contributed by atoms with Crippen LogP contribution in [-0.2, 0) is 13.1 Å². The van der Waals surface area contributed by atoms with Crippen LogP contribution < -0.4 is 5.32 Å². The Hall–Kier alpha value is -1.35. The number of benzene rings is 1. The summed E-state index contributed by atoms with van der Waals surface area (Å²) >= 11 is 0. The molecule has 0 aliphatic rings. The van der Waals surface area contributed by atoms with Crippen LogP contribution in [0.15, 0.2) is 24.3 Å². The number of fused-ring (bicyclic) bond motifs is 1. The molecule has 0 spiro atoms. The van der Waals surface area contributed by atoms with E-state index in [9.17, 15) is 0 Å². The molecule has 0 bridgehead atoms. The van der Waals surface area contributed by atoms with E-state index in [4.69, 9.17) is 0 Å². The number of nitrogens with zero attached hydrogens (tertiary/aromatic N) is 2. The first-order chi connectivity index (χ1) is 7.86. The molecule has 0 atom stereocenters. The summed E-state index contributed by atoms with van der Waals surface area (Å²) in [4.78, 5) is 0. The van der Waals surface area contributed by atoms with Crippen molar-refractivity contribution in [3.05, 3.63) is 30.0 Å². The molecule has 2 rings (SSSR count). The number of hydrogen-bond acceptors (Lipinski definition) is 2. The summed E-state index contributed by atoms with van der Waals surface area (Å²) in [6.07, 6.45) is 2.39. The van der Waals surface area contributed by atoms with Crippen molar-refractivity contribution in [1.82, 2.24) is 15.1 Å². The van der Waals surface area contributed by atoms with Crippen molar-refractivity contribution in [3.63, 3.8) is 0 Å². The number of unbranched alkanes of at least 4 members (excludes halogenated alkanes) is 1. The summed E-state index contributed by atoms with van der Waals surface area (Å²) in [5.41, 5.74) is 2.40. The van der Waals surface area contributed by atoms with Crippen molar-refractivity contribution in [2.75, 3.05) is 7.05 Å². The van der Waals surface area contributed by atoms with Gasteiger partial charge in [0, 0.05) is 18.5 Å². The van der Waals surface area contributed by atoms with Crippen LogP contribution in [0.4, 0.5) is 0 Å². The van der Waals surface area contributed by atoms with Crippen LogP contribution in [0.5, 0.6) is 0 Å². The molecule has 0 unspecified atom stereocenters. The largest absolute Gasteiger partial charge is 0.314 e. The molecule has 0 aliphatic carbocycles. The van der Waals surface area contributed by atoms with E-state index in [2.05, 4.69) is 46.3 Å². The van der Waals surface area contributed by atoms with Gasteiger partial charge in [0.05, 0.1) is 11.2 Å². The van der Waals surface area contributed by atoms with Crippen molar-refractivity contribution in [3.8, 4) is 0 Å². The van der Waals surface area contributed by atoms with E-state index in [1.165, 1.54) is 23.7 Å². The normalized spacial score (nSPS) is 11.1. The molecule has 3 heteroatoms. The minimum atomic E-state index is 0.833. The zero-order valence-corrected chi connectivity index (χ0v) is 10.0. The number of rotatable bonds is 5. The molecule has 1 aromatic heterocycles. The van der Waals surface area contributed by atoms with Gasteiger partial charge in [-0.3, -0.25) is 4.68 Å². The monoisotopic (exact) mass is 217 g/mol. The van der Waals surface area contributed by atoms with E-state index in [1.807, 2.05) is 7.05 Å². The number of nitrogens with one attached hydrogen (secondary N) is 1. The molecule has 0 saturated heterocycles. The Balaban J connectivity index is 2.40. The van der Waals surface area contributed by atoms with Gasteiger partial charge in [0.25, 0.3) is 0 Å². The second-order valence-electron chi connectivity index (χ2n) is 4.07. The van der Waals surface area contributed by atoms with Gasteiger partial charge in [0.2, 0.25) is 0 Å². The van der Waals surface area contributed by atoms with Gasteiger partial charge >= 0.3 is 0 Å². The Morgan fingerprint density at radius 3 is 2.88 bits per heavy atom. The predicted molar refractivity (Wildman–Crippen MR) is 67.4 cm³/mol. The number of aryl methyl sites for hydroxylation is 1. The molecule has 86 valence electrons. The highest BCUT2D eigenvalue weighted by atomic mass is 15.3. The smallest absolute Gasteiger partial charge is 0.0841 e. The van der Waals surface area contributed by atoms with Crippen molar-refractivity contribution >= 4 is 10.9 Å². The summed E-state index contributed by atoms with van der Waals surface area (Å²) in [5, 5.41) is 9.11. The summed E-state index contributed by atoms with van der Waals surface area (Å²) in [7, 11) is 1.96. The van der Waals surface area contributed by atoms with Crippen LogP contribution in [0.2, 0.25) is 0 Å². The van der Waals surface area contributed by atoms with Gasteiger partial charge in [-0.1, -0.05) is 31.5 Å². The molecule has 16 heavy (non-hydrogen) atoms. The third-order valence-electron chi connectivity index (χ3n) is 2.80. The van der Waals surface area contributed by atoms with Crippen molar-refractivity contribution < 1.29 is 0 Å². The number of aromatic nitrogens is 2. The molecule has 0 fully saturated rings. The average molecular weight is 217 g/mol. The summed E-state index contributed by atoms with van der Waals surface area (Å²) in [5.74, 6) is 0. The van der Waals surface area contributed by atoms with E-state index in [1.54, 1.807) is 0 Å². The molecule has 2 aromatic rings. The molecule has 0 radical (unpaired) electrons. The van der Waals surface area contributed by atoms with Gasteiger partial charge in [-0.2, -0.15) is 5.10 Å². The van der Waals surface area contributed by atoms with Crippen LogP contribution >= 0.6 is 0 Å². The van der Waals surface area contributed by atoms with Crippen LogP contribution in [-0.4, -0.2) is 16.8 Å². The lowest BCUT2D eigenvalue weighted by atomic mass is 10.2. The maximum absolute atomic E-state index is 4.67. The second-order valence-corrected chi connectivity index (χ2v) is 4.07. The second kappa shape index (κ2) is 5.12. The van der Waals surface area contributed by atoms with E-state index < -0.39 is 0 Å². The Morgan fingerprint density at radius 2 is 2.12 bits per heavy atom. The lowest BCUT2D eigenvalue weighted by Crippen LogP contribution is -2.07.